The Kier molecular flexibility index (Phi) is 5.98. The summed E-state index contributed by atoms with van der Waals surface area (Å²) in [6.45, 7) is -0.0307. The molecule has 0 saturated heterocycles. The van der Waals surface area contributed by atoms with Crippen molar-refractivity contribution >= 4 is 16.7 Å². The third-order valence-corrected chi connectivity index (χ3v) is 4.65. The SMILES string of the molecule is COc1ccc(-c2noc(CNC(=O)COc3ccc4ccccc4c3)n2)c(OC)c1. The Morgan fingerprint density at radius 1 is 0.968 bits per heavy atom. The second-order valence-electron chi connectivity index (χ2n) is 6.65. The summed E-state index contributed by atoms with van der Waals surface area (Å²) in [5.74, 6) is 2.17. The third-order valence-electron chi connectivity index (χ3n) is 4.65. The average molecular weight is 419 g/mol. The van der Waals surface area contributed by atoms with Crippen LogP contribution in [0.3, 0.4) is 0 Å². The molecule has 0 fully saturated rings. The van der Waals surface area contributed by atoms with E-state index in [1.807, 2.05) is 42.5 Å². The second kappa shape index (κ2) is 9.17. The number of benzene rings is 3. The van der Waals surface area contributed by atoms with Crippen LogP contribution in [0.15, 0.2) is 65.2 Å². The quantitative estimate of drug-likeness (QED) is 0.466. The maximum absolute atomic E-state index is 12.1. The molecule has 0 radical (unpaired) electrons. The van der Waals surface area contributed by atoms with E-state index in [2.05, 4.69) is 15.5 Å². The molecular formula is C23H21N3O5. The molecule has 4 rings (SSSR count). The lowest BCUT2D eigenvalue weighted by Gasteiger charge is -2.07. The van der Waals surface area contributed by atoms with Crippen LogP contribution in [0.25, 0.3) is 22.2 Å². The summed E-state index contributed by atoms with van der Waals surface area (Å²) in [5.41, 5.74) is 0.657. The van der Waals surface area contributed by atoms with E-state index >= 15 is 0 Å². The van der Waals surface area contributed by atoms with Crippen molar-refractivity contribution in [3.05, 3.63) is 66.6 Å². The minimum Gasteiger partial charge on any atom is -0.497 e. The smallest absolute Gasteiger partial charge is 0.258 e. The first-order chi connectivity index (χ1) is 15.2. The number of amides is 1. The highest BCUT2D eigenvalue weighted by Crippen LogP contribution is 2.31. The Morgan fingerprint density at radius 2 is 1.77 bits per heavy atom. The molecule has 0 atom stereocenters. The zero-order valence-corrected chi connectivity index (χ0v) is 17.1. The largest absolute Gasteiger partial charge is 0.497 e. The molecule has 0 aliphatic rings. The molecule has 0 unspecified atom stereocenters. The van der Waals surface area contributed by atoms with E-state index in [1.54, 1.807) is 32.4 Å². The summed E-state index contributed by atoms with van der Waals surface area (Å²) in [4.78, 5) is 16.5. The minimum atomic E-state index is -0.296. The fourth-order valence-electron chi connectivity index (χ4n) is 3.05. The van der Waals surface area contributed by atoms with Gasteiger partial charge in [-0.1, -0.05) is 35.5 Å². The van der Waals surface area contributed by atoms with Gasteiger partial charge in [0, 0.05) is 6.07 Å². The van der Waals surface area contributed by atoms with Crippen molar-refractivity contribution in [2.45, 2.75) is 6.54 Å². The monoisotopic (exact) mass is 419 g/mol. The third kappa shape index (κ3) is 4.75. The van der Waals surface area contributed by atoms with Gasteiger partial charge in [-0.25, -0.2) is 0 Å². The van der Waals surface area contributed by atoms with Crippen LogP contribution in [0.2, 0.25) is 0 Å². The molecule has 8 heteroatoms. The van der Waals surface area contributed by atoms with Gasteiger partial charge in [0.05, 0.1) is 26.3 Å². The molecule has 4 aromatic rings. The number of hydrogen-bond acceptors (Lipinski definition) is 7. The van der Waals surface area contributed by atoms with Gasteiger partial charge in [0.1, 0.15) is 17.2 Å². The zero-order valence-electron chi connectivity index (χ0n) is 17.1. The number of nitrogens with one attached hydrogen (secondary N) is 1. The van der Waals surface area contributed by atoms with E-state index in [1.165, 1.54) is 0 Å². The van der Waals surface area contributed by atoms with Crippen molar-refractivity contribution in [2.75, 3.05) is 20.8 Å². The maximum Gasteiger partial charge on any atom is 0.258 e. The van der Waals surface area contributed by atoms with E-state index in [4.69, 9.17) is 18.7 Å². The Balaban J connectivity index is 1.33. The molecule has 0 bridgehead atoms. The molecule has 31 heavy (non-hydrogen) atoms. The summed E-state index contributed by atoms with van der Waals surface area (Å²) < 4.78 is 21.4. The van der Waals surface area contributed by atoms with Crippen molar-refractivity contribution in [2.24, 2.45) is 0 Å². The van der Waals surface area contributed by atoms with Crippen molar-refractivity contribution in [1.82, 2.24) is 15.5 Å². The van der Waals surface area contributed by atoms with Crippen molar-refractivity contribution in [1.29, 1.82) is 0 Å². The fraction of sp³-hybridized carbons (Fsp3) is 0.174. The summed E-state index contributed by atoms with van der Waals surface area (Å²) in [5, 5.41) is 8.83. The number of carbonyl (C=O) groups is 1. The van der Waals surface area contributed by atoms with Crippen molar-refractivity contribution in [3.8, 4) is 28.6 Å². The summed E-state index contributed by atoms with van der Waals surface area (Å²) in [6.07, 6.45) is 0. The zero-order chi connectivity index (χ0) is 21.6. The van der Waals surface area contributed by atoms with Crippen molar-refractivity contribution < 1.29 is 23.5 Å². The molecule has 3 aromatic carbocycles. The van der Waals surface area contributed by atoms with Gasteiger partial charge in [-0.3, -0.25) is 4.79 Å². The molecule has 158 valence electrons. The number of fused-ring (bicyclic) bond motifs is 1. The molecule has 8 nitrogen and oxygen atoms in total. The predicted molar refractivity (Wildman–Crippen MR) is 114 cm³/mol. The van der Waals surface area contributed by atoms with Crippen LogP contribution in [0.5, 0.6) is 17.2 Å². The number of carbonyl (C=O) groups excluding carboxylic acids is 1. The summed E-state index contributed by atoms with van der Waals surface area (Å²) in [6, 6.07) is 18.9. The van der Waals surface area contributed by atoms with Crippen molar-refractivity contribution in [3.63, 3.8) is 0 Å². The van der Waals surface area contributed by atoms with Crippen LogP contribution < -0.4 is 19.5 Å². The molecule has 0 aliphatic carbocycles. The lowest BCUT2D eigenvalue weighted by atomic mass is 10.1. The molecule has 0 saturated carbocycles. The van der Waals surface area contributed by atoms with Crippen LogP contribution in [0.1, 0.15) is 5.89 Å². The molecule has 1 N–H and O–H groups in total. The molecular weight excluding hydrogens is 398 g/mol. The van der Waals surface area contributed by atoms with Crippen LogP contribution in [-0.2, 0) is 11.3 Å². The van der Waals surface area contributed by atoms with E-state index in [-0.39, 0.29) is 24.9 Å². The molecule has 0 spiro atoms. The molecule has 1 heterocycles. The highest BCUT2D eigenvalue weighted by Gasteiger charge is 2.15. The Morgan fingerprint density at radius 3 is 2.58 bits per heavy atom. The average Bonchev–Trinajstić information content (AvgIpc) is 3.29. The second-order valence-corrected chi connectivity index (χ2v) is 6.65. The molecule has 0 aliphatic heterocycles. The standard InChI is InChI=1S/C23H21N3O5/c1-28-17-9-10-19(20(12-17)29-2)23-25-22(31-26-23)13-24-21(27)14-30-18-8-7-15-5-3-4-6-16(15)11-18/h3-12H,13-14H2,1-2H3,(H,24,27). The summed E-state index contributed by atoms with van der Waals surface area (Å²) >= 11 is 0. The normalized spacial score (nSPS) is 10.6. The first kappa shape index (κ1) is 20.2. The molecule has 1 aromatic heterocycles. The van der Waals surface area contributed by atoms with Gasteiger partial charge in [0.25, 0.3) is 5.91 Å². The van der Waals surface area contributed by atoms with E-state index < -0.39 is 0 Å². The topological polar surface area (TPSA) is 95.7 Å². The van der Waals surface area contributed by atoms with E-state index in [9.17, 15) is 4.79 Å². The highest BCUT2D eigenvalue weighted by molar-refractivity contribution is 5.84. The molecule has 1 amide bonds. The van der Waals surface area contributed by atoms with E-state index in [0.717, 1.165) is 10.8 Å². The van der Waals surface area contributed by atoms with Crippen LogP contribution in [-0.4, -0.2) is 36.9 Å². The summed E-state index contributed by atoms with van der Waals surface area (Å²) in [7, 11) is 3.13. The minimum absolute atomic E-state index is 0.0887. The Hall–Kier alpha value is -4.07. The Bertz CT molecular complexity index is 1200. The highest BCUT2D eigenvalue weighted by atomic mass is 16.5. The van der Waals surface area contributed by atoms with Gasteiger partial charge < -0.3 is 24.1 Å². The number of rotatable bonds is 8. The van der Waals surface area contributed by atoms with Gasteiger partial charge in [-0.05, 0) is 35.0 Å². The van der Waals surface area contributed by atoms with Crippen LogP contribution in [0.4, 0.5) is 0 Å². The first-order valence-corrected chi connectivity index (χ1v) is 9.59. The van der Waals surface area contributed by atoms with Gasteiger partial charge in [0.15, 0.2) is 6.61 Å². The maximum atomic E-state index is 12.1. The van der Waals surface area contributed by atoms with Crippen LogP contribution >= 0.6 is 0 Å². The number of methoxy groups -OCH3 is 2. The number of ether oxygens (including phenoxy) is 3. The fourth-order valence-corrected chi connectivity index (χ4v) is 3.05. The van der Waals surface area contributed by atoms with Gasteiger partial charge in [-0.2, -0.15) is 4.98 Å². The van der Waals surface area contributed by atoms with Gasteiger partial charge in [0.2, 0.25) is 11.7 Å². The number of aromatic nitrogens is 2. The predicted octanol–water partition coefficient (Wildman–Crippen LogP) is 3.60. The lowest BCUT2D eigenvalue weighted by Crippen LogP contribution is -2.28. The van der Waals surface area contributed by atoms with Gasteiger partial charge in [-0.15, -0.1) is 0 Å². The van der Waals surface area contributed by atoms with Crippen LogP contribution in [0, 0.1) is 0 Å². The number of hydrogen-bond donors (Lipinski definition) is 1. The lowest BCUT2D eigenvalue weighted by molar-refractivity contribution is -0.123. The Labute approximate surface area is 178 Å². The number of nitrogens with zero attached hydrogens (tertiary/aromatic N) is 2. The first-order valence-electron chi connectivity index (χ1n) is 9.59. The van der Waals surface area contributed by atoms with E-state index in [0.29, 0.717) is 28.6 Å². The van der Waals surface area contributed by atoms with Gasteiger partial charge >= 0.3 is 0 Å².